The number of carbonyl (C=O) groups excluding carboxylic acids is 2. The second kappa shape index (κ2) is 11.9. The molecule has 0 heterocycles. The first-order valence-electron chi connectivity index (χ1n) is 14.4. The molecular formula is C36H36F2N2O2. The molecule has 4 nitrogen and oxygen atoms in total. The van der Waals surface area contributed by atoms with Crippen molar-refractivity contribution in [3.63, 3.8) is 0 Å². The van der Waals surface area contributed by atoms with Gasteiger partial charge in [0, 0.05) is 27.9 Å². The summed E-state index contributed by atoms with van der Waals surface area (Å²) in [4.78, 5) is 25.8. The van der Waals surface area contributed by atoms with Crippen molar-refractivity contribution < 1.29 is 18.4 Å². The number of amides is 2. The molecule has 0 bridgehead atoms. The van der Waals surface area contributed by atoms with Crippen molar-refractivity contribution in [1.29, 1.82) is 0 Å². The lowest BCUT2D eigenvalue weighted by Gasteiger charge is -2.40. The molecule has 1 aliphatic rings. The minimum atomic E-state index is -0.380. The molecule has 5 rings (SSSR count). The van der Waals surface area contributed by atoms with E-state index in [2.05, 4.69) is 34.9 Å². The number of carbonyl (C=O) groups is 2. The molecule has 0 atom stereocenters. The fourth-order valence-corrected chi connectivity index (χ4v) is 6.35. The summed E-state index contributed by atoms with van der Waals surface area (Å²) in [5, 5.41) is 6.07. The third kappa shape index (κ3) is 5.85. The average Bonchev–Trinajstić information content (AvgIpc) is 2.97. The van der Waals surface area contributed by atoms with Gasteiger partial charge in [-0.1, -0.05) is 43.5 Å². The molecule has 2 amide bonds. The zero-order valence-electron chi connectivity index (χ0n) is 24.5. The van der Waals surface area contributed by atoms with Gasteiger partial charge in [-0.05, 0) is 122 Å². The molecule has 0 radical (unpaired) electrons. The average molecular weight is 567 g/mol. The lowest BCUT2D eigenvalue weighted by Crippen LogP contribution is -2.31. The lowest BCUT2D eigenvalue weighted by atomic mass is 9.64. The van der Waals surface area contributed by atoms with Crippen molar-refractivity contribution in [3.05, 3.63) is 129 Å². The van der Waals surface area contributed by atoms with E-state index in [-0.39, 0.29) is 28.9 Å². The van der Waals surface area contributed by atoms with Crippen LogP contribution in [0.15, 0.2) is 72.8 Å². The summed E-state index contributed by atoms with van der Waals surface area (Å²) in [6, 6.07) is 19.8. The Morgan fingerprint density at radius 3 is 1.24 bits per heavy atom. The van der Waals surface area contributed by atoms with Crippen LogP contribution in [-0.2, 0) is 5.41 Å². The molecule has 0 aliphatic heterocycles. The summed E-state index contributed by atoms with van der Waals surface area (Å²) < 4.78 is 26.7. The molecule has 0 aromatic heterocycles. The quantitative estimate of drug-likeness (QED) is 0.245. The monoisotopic (exact) mass is 566 g/mol. The van der Waals surface area contributed by atoms with E-state index in [0.29, 0.717) is 11.1 Å². The second-order valence-corrected chi connectivity index (χ2v) is 11.5. The highest BCUT2D eigenvalue weighted by atomic mass is 19.1. The Hall–Kier alpha value is -4.32. The van der Waals surface area contributed by atoms with E-state index in [4.69, 9.17) is 0 Å². The van der Waals surface area contributed by atoms with E-state index >= 15 is 0 Å². The van der Waals surface area contributed by atoms with Crippen LogP contribution in [0, 0.1) is 39.3 Å². The molecule has 2 N–H and O–H groups in total. The van der Waals surface area contributed by atoms with Crippen molar-refractivity contribution in [2.75, 3.05) is 10.6 Å². The molecule has 1 aliphatic carbocycles. The fourth-order valence-electron chi connectivity index (χ4n) is 6.35. The van der Waals surface area contributed by atoms with Gasteiger partial charge in [0.25, 0.3) is 11.8 Å². The van der Waals surface area contributed by atoms with Crippen molar-refractivity contribution in [2.24, 2.45) is 0 Å². The van der Waals surface area contributed by atoms with Gasteiger partial charge in [-0.25, -0.2) is 8.78 Å². The highest BCUT2D eigenvalue weighted by Gasteiger charge is 2.37. The molecule has 0 spiro atoms. The van der Waals surface area contributed by atoms with Gasteiger partial charge in [0.15, 0.2) is 0 Å². The van der Waals surface area contributed by atoms with Crippen LogP contribution in [0.1, 0.15) is 86.2 Å². The minimum absolute atomic E-state index is 0.192. The number of rotatable bonds is 6. The maximum absolute atomic E-state index is 13.4. The van der Waals surface area contributed by atoms with E-state index in [1.165, 1.54) is 66.1 Å². The molecule has 6 heteroatoms. The Balaban J connectivity index is 1.47. The fraction of sp³-hybridized carbons (Fsp3) is 0.278. The van der Waals surface area contributed by atoms with E-state index in [0.717, 1.165) is 59.3 Å². The Morgan fingerprint density at radius 1 is 0.571 bits per heavy atom. The maximum atomic E-state index is 13.4. The van der Waals surface area contributed by atoms with Crippen LogP contribution < -0.4 is 10.6 Å². The Bertz CT molecular complexity index is 1470. The van der Waals surface area contributed by atoms with E-state index in [1.54, 1.807) is 0 Å². The zero-order chi connectivity index (χ0) is 30.0. The van der Waals surface area contributed by atoms with Gasteiger partial charge in [0.1, 0.15) is 11.6 Å². The highest BCUT2D eigenvalue weighted by molar-refractivity contribution is 6.05. The van der Waals surface area contributed by atoms with Crippen LogP contribution in [-0.4, -0.2) is 11.8 Å². The Kier molecular flexibility index (Phi) is 8.26. The van der Waals surface area contributed by atoms with Crippen LogP contribution in [0.5, 0.6) is 0 Å². The SMILES string of the molecule is Cc1cc(C2(c3cc(C)c(NC(=O)c4ccc(F)cc4)c(C)c3)CCCCC2)cc(C)c1NC(=O)c1ccc(F)cc1. The third-order valence-electron chi connectivity index (χ3n) is 8.57. The Morgan fingerprint density at radius 2 is 0.905 bits per heavy atom. The predicted molar refractivity (Wildman–Crippen MR) is 164 cm³/mol. The van der Waals surface area contributed by atoms with Crippen LogP contribution in [0.3, 0.4) is 0 Å². The van der Waals surface area contributed by atoms with Crippen LogP contribution in [0.2, 0.25) is 0 Å². The van der Waals surface area contributed by atoms with Crippen LogP contribution >= 0.6 is 0 Å². The molecule has 1 saturated carbocycles. The number of hydrogen-bond acceptors (Lipinski definition) is 2. The molecule has 4 aromatic rings. The lowest BCUT2D eigenvalue weighted by molar-refractivity contribution is 0.101. The van der Waals surface area contributed by atoms with E-state index in [1.807, 2.05) is 27.7 Å². The summed E-state index contributed by atoms with van der Waals surface area (Å²) in [5.74, 6) is -1.30. The first-order chi connectivity index (χ1) is 20.1. The maximum Gasteiger partial charge on any atom is 0.255 e. The molecule has 1 fully saturated rings. The number of nitrogens with one attached hydrogen (secondary N) is 2. The topological polar surface area (TPSA) is 58.2 Å². The first-order valence-corrected chi connectivity index (χ1v) is 14.4. The highest BCUT2D eigenvalue weighted by Crippen LogP contribution is 2.47. The van der Waals surface area contributed by atoms with Crippen LogP contribution in [0.25, 0.3) is 0 Å². The molecule has 0 saturated heterocycles. The van der Waals surface area contributed by atoms with Gasteiger partial charge in [-0.15, -0.1) is 0 Å². The van der Waals surface area contributed by atoms with Gasteiger partial charge in [0.05, 0.1) is 0 Å². The van der Waals surface area contributed by atoms with Gasteiger partial charge in [-0.2, -0.15) is 0 Å². The van der Waals surface area contributed by atoms with Crippen LogP contribution in [0.4, 0.5) is 20.2 Å². The summed E-state index contributed by atoms with van der Waals surface area (Å²) in [6.45, 7) is 8.05. The number of halogens is 2. The molecule has 4 aromatic carbocycles. The first kappa shape index (κ1) is 29.2. The van der Waals surface area contributed by atoms with E-state index < -0.39 is 0 Å². The smallest absolute Gasteiger partial charge is 0.255 e. The Labute approximate surface area is 246 Å². The number of hydrogen-bond donors (Lipinski definition) is 2. The summed E-state index contributed by atoms with van der Waals surface area (Å²) in [5.41, 5.74) is 8.49. The minimum Gasteiger partial charge on any atom is -0.322 e. The summed E-state index contributed by atoms with van der Waals surface area (Å²) >= 11 is 0. The summed E-state index contributed by atoms with van der Waals surface area (Å²) in [6.07, 6.45) is 5.43. The second-order valence-electron chi connectivity index (χ2n) is 11.5. The molecule has 216 valence electrons. The standard InChI is InChI=1S/C36H36F2N2O2/c1-22-18-28(19-23(2)32(22)39-34(41)26-8-12-30(37)13-9-26)36(16-6-5-7-17-36)29-20-24(3)33(25(4)21-29)40-35(42)27-10-14-31(38)15-11-27/h8-15,18-21H,5-7,16-17H2,1-4H3,(H,39,41)(H,40,42). The van der Waals surface area contributed by atoms with Gasteiger partial charge in [0.2, 0.25) is 0 Å². The van der Waals surface area contributed by atoms with E-state index in [9.17, 15) is 18.4 Å². The number of anilines is 2. The van der Waals surface area contributed by atoms with Crippen molar-refractivity contribution in [2.45, 2.75) is 65.2 Å². The largest absolute Gasteiger partial charge is 0.322 e. The van der Waals surface area contributed by atoms with Gasteiger partial charge in [-0.3, -0.25) is 9.59 Å². The molecule has 42 heavy (non-hydrogen) atoms. The summed E-state index contributed by atoms with van der Waals surface area (Å²) in [7, 11) is 0. The predicted octanol–water partition coefficient (Wildman–Crippen LogP) is 8.95. The van der Waals surface area contributed by atoms with Gasteiger partial charge < -0.3 is 10.6 Å². The van der Waals surface area contributed by atoms with Gasteiger partial charge >= 0.3 is 0 Å². The van der Waals surface area contributed by atoms with Crippen molar-refractivity contribution in [1.82, 2.24) is 0 Å². The number of benzene rings is 4. The van der Waals surface area contributed by atoms with Crippen molar-refractivity contribution >= 4 is 23.2 Å². The zero-order valence-corrected chi connectivity index (χ0v) is 24.5. The molecule has 0 unspecified atom stereocenters. The number of aryl methyl sites for hydroxylation is 4. The van der Waals surface area contributed by atoms with Crippen molar-refractivity contribution in [3.8, 4) is 0 Å². The normalized spacial score (nSPS) is 14.3. The third-order valence-corrected chi connectivity index (χ3v) is 8.57. The molecular weight excluding hydrogens is 530 g/mol.